The van der Waals surface area contributed by atoms with Crippen molar-refractivity contribution >= 4 is 37.2 Å². The van der Waals surface area contributed by atoms with Gasteiger partial charge in [0.25, 0.3) is 0 Å². The molecule has 8 heteroatoms. The first-order chi connectivity index (χ1) is 8.05. The van der Waals surface area contributed by atoms with E-state index in [9.17, 15) is 13.2 Å². The first-order valence-electron chi connectivity index (χ1n) is 5.65. The van der Waals surface area contributed by atoms with E-state index in [1.54, 1.807) is 12.1 Å². The molecule has 0 aliphatic carbocycles. The van der Waals surface area contributed by atoms with Gasteiger partial charge in [0.2, 0.25) is 0 Å². The molecule has 1 saturated heterocycles. The standard InChI is InChI=1S/C12H15F3N2.3ClH/c13-12(14,15)11-3-1-10(2-4-11)9-17-7-5-16-6-8-17;;;/h1-4,16H,5-9H2;3*1H. The minimum absolute atomic E-state index is 0. The Morgan fingerprint density at radius 1 is 0.950 bits per heavy atom. The molecule has 0 unspecified atom stereocenters. The minimum Gasteiger partial charge on any atom is -0.314 e. The van der Waals surface area contributed by atoms with E-state index in [4.69, 9.17) is 0 Å². The van der Waals surface area contributed by atoms with Gasteiger partial charge in [-0.3, -0.25) is 4.90 Å². The van der Waals surface area contributed by atoms with Gasteiger partial charge >= 0.3 is 6.18 Å². The summed E-state index contributed by atoms with van der Waals surface area (Å²) in [6.07, 6.45) is -4.24. The van der Waals surface area contributed by atoms with Gasteiger partial charge in [0, 0.05) is 32.7 Å². The van der Waals surface area contributed by atoms with E-state index in [2.05, 4.69) is 10.2 Å². The average Bonchev–Trinajstić information content (AvgIpc) is 2.30. The molecule has 1 aromatic rings. The molecule has 1 heterocycles. The molecular formula is C12H18Cl3F3N2. The highest BCUT2D eigenvalue weighted by Gasteiger charge is 2.29. The monoisotopic (exact) mass is 352 g/mol. The van der Waals surface area contributed by atoms with E-state index in [1.807, 2.05) is 0 Å². The van der Waals surface area contributed by atoms with Crippen molar-refractivity contribution in [3.63, 3.8) is 0 Å². The van der Waals surface area contributed by atoms with Crippen molar-refractivity contribution in [3.05, 3.63) is 35.4 Å². The fraction of sp³-hybridized carbons (Fsp3) is 0.500. The second-order valence-electron chi connectivity index (χ2n) is 4.22. The van der Waals surface area contributed by atoms with Crippen LogP contribution in [0.25, 0.3) is 0 Å². The van der Waals surface area contributed by atoms with Crippen molar-refractivity contribution in [2.45, 2.75) is 12.7 Å². The lowest BCUT2D eigenvalue weighted by Crippen LogP contribution is -2.42. The SMILES string of the molecule is Cl.Cl.Cl.FC(F)(F)c1ccc(CN2CCNCC2)cc1. The molecular weight excluding hydrogens is 335 g/mol. The Kier molecular flexibility index (Phi) is 10.7. The van der Waals surface area contributed by atoms with Crippen LogP contribution in [0.15, 0.2) is 24.3 Å². The molecule has 0 amide bonds. The van der Waals surface area contributed by atoms with Crippen LogP contribution in [-0.4, -0.2) is 31.1 Å². The Balaban J connectivity index is 0. The van der Waals surface area contributed by atoms with Gasteiger partial charge in [-0.15, -0.1) is 37.2 Å². The number of hydrogen-bond donors (Lipinski definition) is 1. The van der Waals surface area contributed by atoms with Crippen molar-refractivity contribution in [1.29, 1.82) is 0 Å². The van der Waals surface area contributed by atoms with Gasteiger partial charge in [-0.2, -0.15) is 13.2 Å². The zero-order chi connectivity index (χ0) is 12.3. The van der Waals surface area contributed by atoms with Crippen molar-refractivity contribution in [2.75, 3.05) is 26.2 Å². The van der Waals surface area contributed by atoms with Crippen molar-refractivity contribution in [1.82, 2.24) is 10.2 Å². The average molecular weight is 354 g/mol. The number of rotatable bonds is 2. The van der Waals surface area contributed by atoms with Crippen LogP contribution in [0.3, 0.4) is 0 Å². The summed E-state index contributed by atoms with van der Waals surface area (Å²) in [5.41, 5.74) is 0.349. The van der Waals surface area contributed by atoms with Crippen LogP contribution in [0.1, 0.15) is 11.1 Å². The lowest BCUT2D eigenvalue weighted by Gasteiger charge is -2.27. The number of nitrogens with one attached hydrogen (secondary N) is 1. The summed E-state index contributed by atoms with van der Waals surface area (Å²) in [5.74, 6) is 0. The van der Waals surface area contributed by atoms with Gasteiger partial charge in [0.1, 0.15) is 0 Å². The maximum absolute atomic E-state index is 12.4. The molecule has 0 spiro atoms. The Hall–Kier alpha value is -0.200. The van der Waals surface area contributed by atoms with E-state index in [1.165, 1.54) is 0 Å². The molecule has 0 radical (unpaired) electrons. The van der Waals surface area contributed by atoms with Crippen molar-refractivity contribution < 1.29 is 13.2 Å². The second kappa shape index (κ2) is 9.68. The van der Waals surface area contributed by atoms with Gasteiger partial charge in [-0.25, -0.2) is 0 Å². The highest BCUT2D eigenvalue weighted by molar-refractivity contribution is 5.86. The fourth-order valence-corrected chi connectivity index (χ4v) is 1.93. The number of piperazine rings is 1. The second-order valence-corrected chi connectivity index (χ2v) is 4.22. The quantitative estimate of drug-likeness (QED) is 0.877. The third kappa shape index (κ3) is 6.50. The summed E-state index contributed by atoms with van der Waals surface area (Å²) >= 11 is 0. The molecule has 0 bridgehead atoms. The molecule has 1 aromatic carbocycles. The fourth-order valence-electron chi connectivity index (χ4n) is 1.93. The van der Waals surface area contributed by atoms with E-state index in [-0.39, 0.29) is 37.2 Å². The predicted molar refractivity (Wildman–Crippen MR) is 81.3 cm³/mol. The zero-order valence-corrected chi connectivity index (χ0v) is 13.1. The highest BCUT2D eigenvalue weighted by Crippen LogP contribution is 2.29. The lowest BCUT2D eigenvalue weighted by atomic mass is 10.1. The molecule has 1 N–H and O–H groups in total. The van der Waals surface area contributed by atoms with Crippen LogP contribution in [0.2, 0.25) is 0 Å². The maximum Gasteiger partial charge on any atom is 0.416 e. The van der Waals surface area contributed by atoms with Crippen molar-refractivity contribution in [2.24, 2.45) is 0 Å². The Morgan fingerprint density at radius 3 is 1.90 bits per heavy atom. The molecule has 2 rings (SSSR count). The van der Waals surface area contributed by atoms with Crippen LogP contribution < -0.4 is 5.32 Å². The summed E-state index contributed by atoms with van der Waals surface area (Å²) in [6, 6.07) is 5.42. The van der Waals surface area contributed by atoms with E-state index >= 15 is 0 Å². The summed E-state index contributed by atoms with van der Waals surface area (Å²) in [4.78, 5) is 2.24. The molecule has 20 heavy (non-hydrogen) atoms. The molecule has 2 nitrogen and oxygen atoms in total. The predicted octanol–water partition coefficient (Wildman–Crippen LogP) is 3.38. The molecule has 1 aliphatic heterocycles. The number of benzene rings is 1. The van der Waals surface area contributed by atoms with E-state index in [0.29, 0.717) is 0 Å². The molecule has 1 aliphatic rings. The van der Waals surface area contributed by atoms with Gasteiger partial charge in [0.05, 0.1) is 5.56 Å². The largest absolute Gasteiger partial charge is 0.416 e. The number of alkyl halides is 3. The molecule has 0 atom stereocenters. The highest BCUT2D eigenvalue weighted by atomic mass is 35.5. The van der Waals surface area contributed by atoms with Crippen LogP contribution in [0, 0.1) is 0 Å². The van der Waals surface area contributed by atoms with Crippen LogP contribution >= 0.6 is 37.2 Å². The Labute approximate surface area is 135 Å². The van der Waals surface area contributed by atoms with Crippen LogP contribution in [0.4, 0.5) is 13.2 Å². The summed E-state index contributed by atoms with van der Waals surface area (Å²) in [5, 5.41) is 3.24. The van der Waals surface area contributed by atoms with Crippen molar-refractivity contribution in [3.8, 4) is 0 Å². The normalized spacial score (nSPS) is 15.6. The topological polar surface area (TPSA) is 15.3 Å². The van der Waals surface area contributed by atoms with Crippen LogP contribution in [-0.2, 0) is 12.7 Å². The molecule has 0 aromatic heterocycles. The third-order valence-electron chi connectivity index (χ3n) is 2.90. The van der Waals surface area contributed by atoms with Gasteiger partial charge in [-0.05, 0) is 17.7 Å². The zero-order valence-electron chi connectivity index (χ0n) is 10.7. The summed E-state index contributed by atoms with van der Waals surface area (Å²) < 4.78 is 37.1. The first kappa shape index (κ1) is 22.1. The Bertz CT molecular complexity index is 365. The lowest BCUT2D eigenvalue weighted by molar-refractivity contribution is -0.137. The van der Waals surface area contributed by atoms with Gasteiger partial charge in [-0.1, -0.05) is 12.1 Å². The molecule has 1 fully saturated rings. The van der Waals surface area contributed by atoms with Gasteiger partial charge < -0.3 is 5.32 Å². The number of nitrogens with zero attached hydrogens (tertiary/aromatic N) is 1. The number of halogens is 6. The van der Waals surface area contributed by atoms with Crippen LogP contribution in [0.5, 0.6) is 0 Å². The summed E-state index contributed by atoms with van der Waals surface area (Å²) in [7, 11) is 0. The summed E-state index contributed by atoms with van der Waals surface area (Å²) in [6.45, 7) is 4.50. The third-order valence-corrected chi connectivity index (χ3v) is 2.90. The maximum atomic E-state index is 12.4. The Morgan fingerprint density at radius 2 is 1.45 bits per heavy atom. The number of hydrogen-bond acceptors (Lipinski definition) is 2. The van der Waals surface area contributed by atoms with Gasteiger partial charge in [0.15, 0.2) is 0 Å². The van der Waals surface area contributed by atoms with E-state index < -0.39 is 11.7 Å². The molecule has 118 valence electrons. The minimum atomic E-state index is -4.24. The smallest absolute Gasteiger partial charge is 0.314 e. The molecule has 0 saturated carbocycles. The van der Waals surface area contributed by atoms with E-state index in [0.717, 1.165) is 50.4 Å². The first-order valence-corrected chi connectivity index (χ1v) is 5.65.